The number of nitrogen functional groups attached to an aromatic ring is 1. The van der Waals surface area contributed by atoms with Crippen molar-refractivity contribution in [1.29, 1.82) is 0 Å². The Morgan fingerprint density at radius 2 is 2.00 bits per heavy atom. The van der Waals surface area contributed by atoms with Gasteiger partial charge in [-0.2, -0.15) is 0 Å². The number of carbonyl (C=O) groups excluding carboxylic acids is 1. The van der Waals surface area contributed by atoms with Crippen molar-refractivity contribution in [2.24, 2.45) is 5.84 Å². The second kappa shape index (κ2) is 5.60. The molecular formula is C16H14ClN3O. The third kappa shape index (κ3) is 2.63. The smallest absolute Gasteiger partial charge is 0.265 e. The van der Waals surface area contributed by atoms with E-state index in [9.17, 15) is 4.79 Å². The van der Waals surface area contributed by atoms with Gasteiger partial charge in [0.15, 0.2) is 0 Å². The summed E-state index contributed by atoms with van der Waals surface area (Å²) in [5.41, 5.74) is 4.75. The van der Waals surface area contributed by atoms with Gasteiger partial charge in [0.2, 0.25) is 0 Å². The zero-order valence-corrected chi connectivity index (χ0v) is 12.0. The van der Waals surface area contributed by atoms with Gasteiger partial charge in [0.05, 0.1) is 5.02 Å². The zero-order chi connectivity index (χ0) is 14.8. The molecule has 21 heavy (non-hydrogen) atoms. The summed E-state index contributed by atoms with van der Waals surface area (Å²) in [4.78, 5) is 11.6. The topological polar surface area (TPSA) is 60.0 Å². The summed E-state index contributed by atoms with van der Waals surface area (Å²) < 4.78 is 2.07. The van der Waals surface area contributed by atoms with E-state index < -0.39 is 0 Å². The highest BCUT2D eigenvalue weighted by Crippen LogP contribution is 2.26. The highest BCUT2D eigenvalue weighted by Gasteiger charge is 2.08. The molecule has 0 saturated heterocycles. The molecule has 106 valence electrons. The fraction of sp³-hybridized carbons (Fsp3) is 0.0625. The van der Waals surface area contributed by atoms with E-state index in [1.807, 2.05) is 48.7 Å². The number of para-hydroxylation sites is 1. The number of amides is 1. The first kappa shape index (κ1) is 13.7. The van der Waals surface area contributed by atoms with Gasteiger partial charge in [-0.15, -0.1) is 0 Å². The second-order valence-corrected chi connectivity index (χ2v) is 5.20. The summed E-state index contributed by atoms with van der Waals surface area (Å²) in [6.07, 6.45) is 1.90. The number of nitrogens with one attached hydrogen (secondary N) is 1. The Morgan fingerprint density at radius 1 is 1.19 bits per heavy atom. The van der Waals surface area contributed by atoms with E-state index in [1.165, 1.54) is 0 Å². The molecule has 0 unspecified atom stereocenters. The molecule has 1 heterocycles. The molecule has 5 heteroatoms. The average Bonchev–Trinajstić information content (AvgIpc) is 2.83. The van der Waals surface area contributed by atoms with Crippen molar-refractivity contribution in [2.75, 3.05) is 0 Å². The summed E-state index contributed by atoms with van der Waals surface area (Å²) in [6, 6.07) is 15.3. The minimum Gasteiger partial charge on any atom is -0.342 e. The molecule has 3 rings (SSSR count). The number of nitrogens with two attached hydrogens (primary N) is 1. The average molecular weight is 300 g/mol. The van der Waals surface area contributed by atoms with Crippen LogP contribution in [-0.4, -0.2) is 10.5 Å². The van der Waals surface area contributed by atoms with E-state index in [4.69, 9.17) is 17.4 Å². The van der Waals surface area contributed by atoms with Gasteiger partial charge in [-0.25, -0.2) is 5.84 Å². The van der Waals surface area contributed by atoms with Crippen LogP contribution in [-0.2, 0) is 6.54 Å². The molecule has 0 aliphatic heterocycles. The van der Waals surface area contributed by atoms with Gasteiger partial charge in [0.1, 0.15) is 0 Å². The first-order valence-electron chi connectivity index (χ1n) is 6.52. The number of hydrogen-bond acceptors (Lipinski definition) is 2. The van der Waals surface area contributed by atoms with Gasteiger partial charge in [-0.3, -0.25) is 10.2 Å². The van der Waals surface area contributed by atoms with E-state index in [2.05, 4.69) is 9.99 Å². The van der Waals surface area contributed by atoms with Crippen molar-refractivity contribution < 1.29 is 4.79 Å². The Hall–Kier alpha value is -2.30. The maximum absolute atomic E-state index is 11.6. The molecule has 0 spiro atoms. The fourth-order valence-electron chi connectivity index (χ4n) is 2.42. The van der Waals surface area contributed by atoms with Crippen LogP contribution < -0.4 is 11.3 Å². The third-order valence-electron chi connectivity index (χ3n) is 3.41. The van der Waals surface area contributed by atoms with E-state index in [-0.39, 0.29) is 5.91 Å². The van der Waals surface area contributed by atoms with Gasteiger partial charge >= 0.3 is 0 Å². The van der Waals surface area contributed by atoms with Crippen molar-refractivity contribution in [2.45, 2.75) is 6.54 Å². The fourth-order valence-corrected chi connectivity index (χ4v) is 2.70. The SMILES string of the molecule is NNC(=O)c1cccc(Cn2cc(Cl)c3ccccc32)c1. The van der Waals surface area contributed by atoms with Crippen LogP contribution in [0.1, 0.15) is 15.9 Å². The van der Waals surface area contributed by atoms with Crippen LogP contribution in [0.15, 0.2) is 54.7 Å². The molecule has 0 atom stereocenters. The third-order valence-corrected chi connectivity index (χ3v) is 3.71. The summed E-state index contributed by atoms with van der Waals surface area (Å²) >= 11 is 6.25. The maximum Gasteiger partial charge on any atom is 0.265 e. The molecule has 3 N–H and O–H groups in total. The van der Waals surface area contributed by atoms with Gasteiger partial charge < -0.3 is 4.57 Å². The molecule has 0 aliphatic rings. The molecule has 0 bridgehead atoms. The van der Waals surface area contributed by atoms with Crippen molar-refractivity contribution in [3.63, 3.8) is 0 Å². The quantitative estimate of drug-likeness (QED) is 0.444. The summed E-state index contributed by atoms with van der Waals surface area (Å²) in [5.74, 6) is 4.86. The molecule has 3 aromatic rings. The summed E-state index contributed by atoms with van der Waals surface area (Å²) in [7, 11) is 0. The Balaban J connectivity index is 1.97. The largest absolute Gasteiger partial charge is 0.342 e. The molecule has 0 aliphatic carbocycles. The van der Waals surface area contributed by atoms with Crippen LogP contribution >= 0.6 is 11.6 Å². The second-order valence-electron chi connectivity index (χ2n) is 4.80. The Morgan fingerprint density at radius 3 is 2.81 bits per heavy atom. The Bertz CT molecular complexity index is 810. The van der Waals surface area contributed by atoms with Gasteiger partial charge in [-0.05, 0) is 23.8 Å². The zero-order valence-electron chi connectivity index (χ0n) is 11.2. The first-order chi connectivity index (χ1) is 10.2. The maximum atomic E-state index is 11.6. The van der Waals surface area contributed by atoms with E-state index >= 15 is 0 Å². The lowest BCUT2D eigenvalue weighted by Gasteiger charge is -2.07. The van der Waals surface area contributed by atoms with Gasteiger partial charge in [-0.1, -0.05) is 41.9 Å². The molecular weight excluding hydrogens is 286 g/mol. The standard InChI is InChI=1S/C16H14ClN3O/c17-14-10-20(15-7-2-1-6-13(14)15)9-11-4-3-5-12(8-11)16(21)19-18/h1-8,10H,9,18H2,(H,19,21). The first-order valence-corrected chi connectivity index (χ1v) is 6.90. The Labute approximate surface area is 127 Å². The predicted octanol–water partition coefficient (Wildman–Crippen LogP) is 2.95. The van der Waals surface area contributed by atoms with Crippen molar-refractivity contribution in [1.82, 2.24) is 9.99 Å². The van der Waals surface area contributed by atoms with E-state index in [0.717, 1.165) is 21.5 Å². The number of rotatable bonds is 3. The summed E-state index contributed by atoms with van der Waals surface area (Å²) in [6.45, 7) is 0.638. The number of hydrogen-bond donors (Lipinski definition) is 2. The molecule has 4 nitrogen and oxygen atoms in total. The van der Waals surface area contributed by atoms with E-state index in [0.29, 0.717) is 12.1 Å². The number of nitrogens with zero attached hydrogens (tertiary/aromatic N) is 1. The van der Waals surface area contributed by atoms with Gasteiger partial charge in [0, 0.05) is 29.2 Å². The van der Waals surface area contributed by atoms with Crippen LogP contribution in [0.4, 0.5) is 0 Å². The molecule has 2 aromatic carbocycles. The van der Waals surface area contributed by atoms with Crippen LogP contribution in [0.3, 0.4) is 0 Å². The van der Waals surface area contributed by atoms with Crippen molar-refractivity contribution in [3.8, 4) is 0 Å². The van der Waals surface area contributed by atoms with Crippen molar-refractivity contribution >= 4 is 28.4 Å². The minimum atomic E-state index is -0.299. The van der Waals surface area contributed by atoms with Crippen LogP contribution in [0.2, 0.25) is 5.02 Å². The molecule has 0 saturated carbocycles. The molecule has 0 radical (unpaired) electrons. The monoisotopic (exact) mass is 299 g/mol. The predicted molar refractivity (Wildman–Crippen MR) is 84.1 cm³/mol. The molecule has 1 amide bonds. The number of hydrazine groups is 1. The van der Waals surface area contributed by atoms with Gasteiger partial charge in [0.25, 0.3) is 5.91 Å². The van der Waals surface area contributed by atoms with Crippen LogP contribution in [0.25, 0.3) is 10.9 Å². The van der Waals surface area contributed by atoms with E-state index in [1.54, 1.807) is 6.07 Å². The lowest BCUT2D eigenvalue weighted by Crippen LogP contribution is -2.30. The highest BCUT2D eigenvalue weighted by atomic mass is 35.5. The number of halogens is 1. The Kier molecular flexibility index (Phi) is 3.64. The molecule has 0 fully saturated rings. The number of carbonyl (C=O) groups is 1. The summed E-state index contributed by atoms with van der Waals surface area (Å²) in [5, 5.41) is 1.75. The minimum absolute atomic E-state index is 0.299. The number of aromatic nitrogens is 1. The number of benzene rings is 2. The normalized spacial score (nSPS) is 10.8. The lowest BCUT2D eigenvalue weighted by molar-refractivity contribution is 0.0953. The highest BCUT2D eigenvalue weighted by molar-refractivity contribution is 6.35. The molecule has 1 aromatic heterocycles. The van der Waals surface area contributed by atoms with Crippen LogP contribution in [0.5, 0.6) is 0 Å². The van der Waals surface area contributed by atoms with Crippen molar-refractivity contribution in [3.05, 3.63) is 70.9 Å². The van der Waals surface area contributed by atoms with Crippen LogP contribution in [0, 0.1) is 0 Å². The number of fused-ring (bicyclic) bond motifs is 1. The lowest BCUT2D eigenvalue weighted by atomic mass is 10.1.